The van der Waals surface area contributed by atoms with Crippen molar-refractivity contribution in [2.45, 2.75) is 0 Å². The van der Waals surface area contributed by atoms with E-state index in [1.807, 2.05) is 36.4 Å². The Morgan fingerprint density at radius 2 is 1.75 bits per heavy atom. The molecule has 28 heavy (non-hydrogen) atoms. The molecule has 138 valence electrons. The Bertz CT molecular complexity index is 1130. The van der Waals surface area contributed by atoms with Crippen LogP contribution in [0.25, 0.3) is 16.9 Å². The van der Waals surface area contributed by atoms with Crippen LogP contribution < -0.4 is 11.1 Å². The van der Waals surface area contributed by atoms with Crippen molar-refractivity contribution in [3.05, 3.63) is 83.8 Å². The van der Waals surface area contributed by atoms with E-state index in [0.29, 0.717) is 27.8 Å². The molecule has 0 unspecified atom stereocenters. The number of hydrogen-bond donors (Lipinski definition) is 2. The SMILES string of the molecule is Nc1ccccc1-c1ccc(C(=O)Nc2cnc(-n3nccn3)c(Cl)c2)cc1. The van der Waals surface area contributed by atoms with Crippen LogP contribution in [0.5, 0.6) is 0 Å². The third-order valence-corrected chi connectivity index (χ3v) is 4.38. The first kappa shape index (κ1) is 17.7. The zero-order valence-electron chi connectivity index (χ0n) is 14.6. The number of anilines is 2. The molecule has 7 nitrogen and oxygen atoms in total. The summed E-state index contributed by atoms with van der Waals surface area (Å²) in [5, 5.41) is 11.1. The van der Waals surface area contributed by atoms with E-state index in [1.165, 1.54) is 23.4 Å². The lowest BCUT2D eigenvalue weighted by Crippen LogP contribution is -2.12. The van der Waals surface area contributed by atoms with Gasteiger partial charge in [0.25, 0.3) is 5.91 Å². The number of nitrogens with zero attached hydrogens (tertiary/aromatic N) is 4. The number of hydrogen-bond acceptors (Lipinski definition) is 5. The molecule has 0 atom stereocenters. The number of nitrogens with two attached hydrogens (primary N) is 1. The van der Waals surface area contributed by atoms with Crippen molar-refractivity contribution >= 4 is 28.9 Å². The number of benzene rings is 2. The number of nitrogen functional groups attached to an aromatic ring is 1. The van der Waals surface area contributed by atoms with Gasteiger partial charge in [-0.2, -0.15) is 10.2 Å². The summed E-state index contributed by atoms with van der Waals surface area (Å²) in [5.74, 6) is 0.116. The summed E-state index contributed by atoms with van der Waals surface area (Å²) in [5.41, 5.74) is 9.54. The normalized spacial score (nSPS) is 10.6. The molecular weight excluding hydrogens is 376 g/mol. The zero-order chi connectivity index (χ0) is 19.5. The van der Waals surface area contributed by atoms with E-state index in [4.69, 9.17) is 17.3 Å². The standard InChI is InChI=1S/C20H15ClN6O/c21-17-11-15(12-23-19(17)27-24-9-10-25-27)26-20(28)14-7-5-13(6-8-14)16-3-1-2-4-18(16)22/h1-12H,22H2,(H,26,28). The monoisotopic (exact) mass is 390 g/mol. The fraction of sp³-hybridized carbons (Fsp3) is 0. The van der Waals surface area contributed by atoms with E-state index >= 15 is 0 Å². The fourth-order valence-corrected chi connectivity index (χ4v) is 2.98. The molecule has 2 heterocycles. The third kappa shape index (κ3) is 3.56. The number of rotatable bonds is 4. The number of pyridine rings is 1. The van der Waals surface area contributed by atoms with Crippen LogP contribution in [0.1, 0.15) is 10.4 Å². The van der Waals surface area contributed by atoms with Gasteiger partial charge in [0.05, 0.1) is 29.3 Å². The first-order valence-corrected chi connectivity index (χ1v) is 8.78. The highest BCUT2D eigenvalue weighted by Crippen LogP contribution is 2.26. The van der Waals surface area contributed by atoms with Gasteiger partial charge in [0.1, 0.15) is 0 Å². The van der Waals surface area contributed by atoms with Crippen molar-refractivity contribution in [2.24, 2.45) is 0 Å². The largest absolute Gasteiger partial charge is 0.398 e. The minimum atomic E-state index is -0.268. The van der Waals surface area contributed by atoms with Gasteiger partial charge in [0.15, 0.2) is 5.82 Å². The lowest BCUT2D eigenvalue weighted by atomic mass is 10.0. The van der Waals surface area contributed by atoms with Crippen LogP contribution in [0.3, 0.4) is 0 Å². The topological polar surface area (TPSA) is 98.7 Å². The van der Waals surface area contributed by atoms with Gasteiger partial charge in [-0.25, -0.2) is 4.98 Å². The van der Waals surface area contributed by atoms with Crippen LogP contribution in [0.2, 0.25) is 5.02 Å². The Morgan fingerprint density at radius 1 is 1.04 bits per heavy atom. The third-order valence-electron chi connectivity index (χ3n) is 4.11. The van der Waals surface area contributed by atoms with E-state index in [1.54, 1.807) is 18.2 Å². The molecule has 2 aromatic heterocycles. The van der Waals surface area contributed by atoms with Gasteiger partial charge >= 0.3 is 0 Å². The molecule has 0 aliphatic rings. The molecule has 0 bridgehead atoms. The van der Waals surface area contributed by atoms with E-state index < -0.39 is 0 Å². The zero-order valence-corrected chi connectivity index (χ0v) is 15.3. The van der Waals surface area contributed by atoms with Crippen molar-refractivity contribution in [2.75, 3.05) is 11.1 Å². The van der Waals surface area contributed by atoms with Gasteiger partial charge < -0.3 is 11.1 Å². The average Bonchev–Trinajstić information content (AvgIpc) is 3.23. The second kappa shape index (κ2) is 7.50. The van der Waals surface area contributed by atoms with Crippen LogP contribution in [0.15, 0.2) is 73.2 Å². The number of halogens is 1. The smallest absolute Gasteiger partial charge is 0.255 e. The highest BCUT2D eigenvalue weighted by atomic mass is 35.5. The van der Waals surface area contributed by atoms with Crippen molar-refractivity contribution in [1.82, 2.24) is 20.0 Å². The van der Waals surface area contributed by atoms with Gasteiger partial charge in [0.2, 0.25) is 0 Å². The van der Waals surface area contributed by atoms with E-state index in [-0.39, 0.29) is 5.91 Å². The molecule has 0 fully saturated rings. The molecule has 0 spiro atoms. The van der Waals surface area contributed by atoms with Gasteiger partial charge in [-0.3, -0.25) is 4.79 Å². The average molecular weight is 391 g/mol. The summed E-state index contributed by atoms with van der Waals surface area (Å²) in [6.07, 6.45) is 4.56. The van der Waals surface area contributed by atoms with Crippen LogP contribution >= 0.6 is 11.6 Å². The summed E-state index contributed by atoms with van der Waals surface area (Å²) < 4.78 is 0. The Balaban J connectivity index is 1.51. The Labute approximate surface area is 165 Å². The lowest BCUT2D eigenvalue weighted by molar-refractivity contribution is 0.102. The van der Waals surface area contributed by atoms with Crippen molar-refractivity contribution in [1.29, 1.82) is 0 Å². The van der Waals surface area contributed by atoms with Crippen LogP contribution in [0, 0.1) is 0 Å². The summed E-state index contributed by atoms with van der Waals surface area (Å²) in [7, 11) is 0. The van der Waals surface area contributed by atoms with Crippen molar-refractivity contribution < 1.29 is 4.79 Å². The van der Waals surface area contributed by atoms with E-state index in [2.05, 4.69) is 20.5 Å². The number of carbonyl (C=O) groups is 1. The molecule has 0 radical (unpaired) electrons. The van der Waals surface area contributed by atoms with E-state index in [0.717, 1.165) is 11.1 Å². The molecule has 1 amide bonds. The first-order valence-electron chi connectivity index (χ1n) is 8.40. The van der Waals surface area contributed by atoms with Crippen LogP contribution in [-0.4, -0.2) is 25.9 Å². The number of para-hydroxylation sites is 1. The quantitative estimate of drug-likeness (QED) is 0.516. The predicted molar refractivity (Wildman–Crippen MR) is 108 cm³/mol. The Hall–Kier alpha value is -3.71. The summed E-state index contributed by atoms with van der Waals surface area (Å²) in [6, 6.07) is 16.4. The van der Waals surface area contributed by atoms with Crippen LogP contribution in [0.4, 0.5) is 11.4 Å². The van der Waals surface area contributed by atoms with Gasteiger partial charge in [-0.1, -0.05) is 41.9 Å². The molecule has 2 aromatic carbocycles. The van der Waals surface area contributed by atoms with Gasteiger partial charge in [0, 0.05) is 16.8 Å². The molecule has 4 rings (SSSR count). The maximum Gasteiger partial charge on any atom is 0.255 e. The molecule has 8 heteroatoms. The second-order valence-corrected chi connectivity index (χ2v) is 6.37. The minimum Gasteiger partial charge on any atom is -0.398 e. The Kier molecular flexibility index (Phi) is 4.74. The summed E-state index contributed by atoms with van der Waals surface area (Å²) in [6.45, 7) is 0. The minimum absolute atomic E-state index is 0.268. The molecule has 0 aliphatic heterocycles. The second-order valence-electron chi connectivity index (χ2n) is 5.97. The highest BCUT2D eigenvalue weighted by Gasteiger charge is 2.11. The van der Waals surface area contributed by atoms with Crippen molar-refractivity contribution in [3.8, 4) is 16.9 Å². The highest BCUT2D eigenvalue weighted by molar-refractivity contribution is 6.32. The molecule has 4 aromatic rings. The number of aromatic nitrogens is 4. The van der Waals surface area contributed by atoms with Gasteiger partial charge in [-0.15, -0.1) is 4.80 Å². The fourth-order valence-electron chi connectivity index (χ4n) is 2.74. The maximum atomic E-state index is 12.5. The summed E-state index contributed by atoms with van der Waals surface area (Å²) in [4.78, 5) is 18.0. The molecule has 0 saturated carbocycles. The molecule has 3 N–H and O–H groups in total. The predicted octanol–water partition coefficient (Wildman–Crippen LogP) is 3.82. The first-order chi connectivity index (χ1) is 13.6. The van der Waals surface area contributed by atoms with E-state index in [9.17, 15) is 4.79 Å². The molecular formula is C20H15ClN6O. The molecule has 0 saturated heterocycles. The lowest BCUT2D eigenvalue weighted by Gasteiger charge is -2.09. The maximum absolute atomic E-state index is 12.5. The van der Waals surface area contributed by atoms with Gasteiger partial charge in [-0.05, 0) is 29.8 Å². The molecule has 0 aliphatic carbocycles. The summed E-state index contributed by atoms with van der Waals surface area (Å²) >= 11 is 6.23. The number of nitrogens with one attached hydrogen (secondary N) is 1. The Morgan fingerprint density at radius 3 is 2.43 bits per heavy atom. The van der Waals surface area contributed by atoms with Crippen LogP contribution in [-0.2, 0) is 0 Å². The number of amides is 1. The number of carbonyl (C=O) groups excluding carboxylic acids is 1. The van der Waals surface area contributed by atoms with Crippen molar-refractivity contribution in [3.63, 3.8) is 0 Å².